The highest BCUT2D eigenvalue weighted by Gasteiger charge is 2.34. The molecule has 5 heteroatoms. The average Bonchev–Trinajstić information content (AvgIpc) is 3.01. The molecule has 5 nitrogen and oxygen atoms in total. The van der Waals surface area contributed by atoms with Crippen molar-refractivity contribution in [3.8, 4) is 0 Å². The molecular formula is C35H38O5. The van der Waals surface area contributed by atoms with Crippen LogP contribution in [0.1, 0.15) is 22.3 Å². The molecule has 3 atom stereocenters. The van der Waals surface area contributed by atoms with Gasteiger partial charge in [-0.25, -0.2) is 0 Å². The molecule has 0 spiro atoms. The van der Waals surface area contributed by atoms with Crippen LogP contribution in [0.5, 0.6) is 0 Å². The van der Waals surface area contributed by atoms with Crippen LogP contribution in [0.15, 0.2) is 133 Å². The Morgan fingerprint density at radius 3 is 1.40 bits per heavy atom. The van der Waals surface area contributed by atoms with Gasteiger partial charge in [0, 0.05) is 0 Å². The molecule has 0 saturated heterocycles. The maximum Gasteiger partial charge on any atom is 0.116 e. The lowest BCUT2D eigenvalue weighted by Gasteiger charge is -2.34. The first-order valence-electron chi connectivity index (χ1n) is 13.6. The van der Waals surface area contributed by atoms with Crippen LogP contribution in [0.25, 0.3) is 0 Å². The SMILES string of the molecule is C=C(COCc1ccccc1)[C@H](OCc1ccccc1)[C@H](OCc1ccccc1)[C@H](CO)OCc1ccccc1. The predicted octanol–water partition coefficient (Wildman–Crippen LogP) is 6.51. The van der Waals surface area contributed by atoms with Crippen molar-refractivity contribution in [2.75, 3.05) is 13.2 Å². The number of hydrogen-bond donors (Lipinski definition) is 1. The minimum Gasteiger partial charge on any atom is -0.394 e. The monoisotopic (exact) mass is 538 g/mol. The molecule has 1 N–H and O–H groups in total. The van der Waals surface area contributed by atoms with E-state index >= 15 is 0 Å². The molecule has 0 unspecified atom stereocenters. The summed E-state index contributed by atoms with van der Waals surface area (Å²) in [4.78, 5) is 0. The number of rotatable bonds is 17. The standard InChI is InChI=1S/C35H38O5/c1-28(23-37-24-29-14-6-2-7-15-29)34(39-26-31-18-10-4-11-19-31)35(40-27-32-20-12-5-13-21-32)33(22-36)38-25-30-16-8-3-9-17-30/h2-21,33-36H,1,22-27H2/t33-,34-,35+/m0/s1. The molecule has 0 bridgehead atoms. The Morgan fingerprint density at radius 1 is 0.550 bits per heavy atom. The van der Waals surface area contributed by atoms with Gasteiger partial charge in [-0.1, -0.05) is 128 Å². The highest BCUT2D eigenvalue weighted by atomic mass is 16.6. The van der Waals surface area contributed by atoms with Crippen LogP contribution in [0.2, 0.25) is 0 Å². The van der Waals surface area contributed by atoms with Crippen LogP contribution >= 0.6 is 0 Å². The van der Waals surface area contributed by atoms with Gasteiger partial charge in [0.1, 0.15) is 18.3 Å². The number of aliphatic hydroxyl groups is 1. The van der Waals surface area contributed by atoms with E-state index in [1.54, 1.807) is 0 Å². The van der Waals surface area contributed by atoms with Crippen LogP contribution in [0, 0.1) is 0 Å². The van der Waals surface area contributed by atoms with Crippen molar-refractivity contribution in [1.82, 2.24) is 0 Å². The van der Waals surface area contributed by atoms with Crippen molar-refractivity contribution < 1.29 is 24.1 Å². The molecule has 40 heavy (non-hydrogen) atoms. The fourth-order valence-corrected chi connectivity index (χ4v) is 4.35. The van der Waals surface area contributed by atoms with Gasteiger partial charge in [-0.2, -0.15) is 0 Å². The van der Waals surface area contributed by atoms with Crippen molar-refractivity contribution in [3.05, 3.63) is 156 Å². The molecule has 0 fully saturated rings. The maximum atomic E-state index is 10.5. The first-order valence-corrected chi connectivity index (χ1v) is 13.6. The number of hydrogen-bond acceptors (Lipinski definition) is 5. The second-order valence-corrected chi connectivity index (χ2v) is 9.63. The summed E-state index contributed by atoms with van der Waals surface area (Å²) in [6.45, 7) is 5.85. The van der Waals surface area contributed by atoms with Gasteiger partial charge in [-0.05, 0) is 27.8 Å². The molecule has 0 radical (unpaired) electrons. The predicted molar refractivity (Wildman–Crippen MR) is 157 cm³/mol. The van der Waals surface area contributed by atoms with Gasteiger partial charge in [0.25, 0.3) is 0 Å². The summed E-state index contributed by atoms with van der Waals surface area (Å²) < 4.78 is 25.2. The van der Waals surface area contributed by atoms with Gasteiger partial charge >= 0.3 is 0 Å². The third-order valence-corrected chi connectivity index (χ3v) is 6.51. The van der Waals surface area contributed by atoms with Crippen molar-refractivity contribution in [1.29, 1.82) is 0 Å². The van der Waals surface area contributed by atoms with E-state index in [1.165, 1.54) is 0 Å². The quantitative estimate of drug-likeness (QED) is 0.155. The van der Waals surface area contributed by atoms with Gasteiger partial charge in [-0.15, -0.1) is 0 Å². The largest absolute Gasteiger partial charge is 0.394 e. The molecule has 4 rings (SSSR count). The highest BCUT2D eigenvalue weighted by molar-refractivity contribution is 5.17. The Labute approximate surface area is 237 Å². The van der Waals surface area contributed by atoms with E-state index in [1.807, 2.05) is 121 Å². The topological polar surface area (TPSA) is 57.2 Å². The Morgan fingerprint density at radius 2 is 0.950 bits per heavy atom. The zero-order chi connectivity index (χ0) is 27.8. The van der Waals surface area contributed by atoms with Crippen molar-refractivity contribution in [3.63, 3.8) is 0 Å². The molecule has 0 amide bonds. The minimum absolute atomic E-state index is 0.240. The van der Waals surface area contributed by atoms with E-state index in [0.717, 1.165) is 22.3 Å². The van der Waals surface area contributed by atoms with E-state index in [0.29, 0.717) is 32.0 Å². The summed E-state index contributed by atoms with van der Waals surface area (Å²) in [5.41, 5.74) is 4.84. The van der Waals surface area contributed by atoms with Crippen molar-refractivity contribution in [2.24, 2.45) is 0 Å². The maximum absolute atomic E-state index is 10.5. The van der Waals surface area contributed by atoms with Gasteiger partial charge < -0.3 is 24.1 Å². The molecule has 0 aliphatic heterocycles. The Kier molecular flexibility index (Phi) is 12.1. The Hall–Kier alpha value is -3.58. The highest BCUT2D eigenvalue weighted by Crippen LogP contribution is 2.23. The van der Waals surface area contributed by atoms with Crippen LogP contribution in [-0.2, 0) is 45.4 Å². The smallest absolute Gasteiger partial charge is 0.116 e. The summed E-state index contributed by atoms with van der Waals surface area (Å²) in [6.07, 6.45) is -1.88. The summed E-state index contributed by atoms with van der Waals surface area (Å²) >= 11 is 0. The second-order valence-electron chi connectivity index (χ2n) is 9.63. The summed E-state index contributed by atoms with van der Waals surface area (Å²) in [6, 6.07) is 39.8. The van der Waals surface area contributed by atoms with E-state index in [2.05, 4.69) is 6.58 Å². The lowest BCUT2D eigenvalue weighted by molar-refractivity contribution is -0.153. The van der Waals surface area contributed by atoms with Crippen LogP contribution in [0.4, 0.5) is 0 Å². The Bertz CT molecular complexity index is 1230. The number of benzene rings is 4. The fourth-order valence-electron chi connectivity index (χ4n) is 4.35. The van der Waals surface area contributed by atoms with Crippen LogP contribution in [0.3, 0.4) is 0 Å². The summed E-state index contributed by atoms with van der Waals surface area (Å²) in [5, 5.41) is 10.5. The number of ether oxygens (including phenoxy) is 4. The van der Waals surface area contributed by atoms with E-state index in [9.17, 15) is 5.11 Å². The summed E-state index contributed by atoms with van der Waals surface area (Å²) in [5.74, 6) is 0. The first-order chi connectivity index (χ1) is 19.7. The van der Waals surface area contributed by atoms with Gasteiger partial charge in [0.15, 0.2) is 0 Å². The lowest BCUT2D eigenvalue weighted by atomic mass is 10.0. The summed E-state index contributed by atoms with van der Waals surface area (Å²) in [7, 11) is 0. The van der Waals surface area contributed by atoms with E-state index in [4.69, 9.17) is 18.9 Å². The first kappa shape index (κ1) is 29.4. The second kappa shape index (κ2) is 16.5. The molecule has 0 aromatic heterocycles. The molecular weight excluding hydrogens is 500 g/mol. The fraction of sp³-hybridized carbons (Fsp3) is 0.257. The number of aliphatic hydroxyl groups excluding tert-OH is 1. The molecule has 208 valence electrons. The molecule has 4 aromatic rings. The normalized spacial score (nSPS) is 13.4. The average molecular weight is 539 g/mol. The van der Waals surface area contributed by atoms with Crippen molar-refractivity contribution in [2.45, 2.75) is 44.7 Å². The zero-order valence-corrected chi connectivity index (χ0v) is 22.8. The third kappa shape index (κ3) is 9.56. The molecule has 0 aliphatic carbocycles. The van der Waals surface area contributed by atoms with Crippen molar-refractivity contribution >= 4 is 0 Å². The molecule has 0 heterocycles. The van der Waals surface area contributed by atoms with Gasteiger partial charge in [0.05, 0.1) is 39.6 Å². The van der Waals surface area contributed by atoms with Gasteiger partial charge in [-0.3, -0.25) is 0 Å². The lowest BCUT2D eigenvalue weighted by Crippen LogP contribution is -2.46. The molecule has 0 saturated carbocycles. The van der Waals surface area contributed by atoms with Crippen LogP contribution in [-0.4, -0.2) is 36.6 Å². The van der Waals surface area contributed by atoms with Gasteiger partial charge in [0.2, 0.25) is 0 Å². The molecule has 4 aromatic carbocycles. The Balaban J connectivity index is 1.53. The molecule has 0 aliphatic rings. The van der Waals surface area contributed by atoms with E-state index in [-0.39, 0.29) is 13.2 Å². The van der Waals surface area contributed by atoms with E-state index < -0.39 is 18.3 Å². The third-order valence-electron chi connectivity index (χ3n) is 6.51. The van der Waals surface area contributed by atoms with Crippen LogP contribution < -0.4 is 0 Å². The zero-order valence-electron chi connectivity index (χ0n) is 22.8. The minimum atomic E-state index is -0.657.